The Bertz CT molecular complexity index is 282. The molecule has 0 aromatic rings. The molecule has 2 atom stereocenters. The molecule has 2 fully saturated rings. The quantitative estimate of drug-likeness (QED) is 0.644. The Balaban J connectivity index is 2.26. The summed E-state index contributed by atoms with van der Waals surface area (Å²) >= 11 is 3.44. The first-order valence-corrected chi connectivity index (χ1v) is 6.38. The van der Waals surface area contributed by atoms with Crippen LogP contribution in [0.2, 0.25) is 0 Å². The first-order valence-electron chi connectivity index (χ1n) is 5.46. The largest absolute Gasteiger partial charge is 0.300 e. The number of hydrogen-bond donors (Lipinski definition) is 0. The SMILES string of the molecule is C[C@]12CCC/C(=C/Br)[C@@H]1CC(=O)CC2. The van der Waals surface area contributed by atoms with E-state index in [0.717, 1.165) is 19.3 Å². The summed E-state index contributed by atoms with van der Waals surface area (Å²) in [5.41, 5.74) is 1.87. The maximum Gasteiger partial charge on any atom is 0.133 e. The standard InChI is InChI=1S/C12H17BrO/c1-12-5-2-3-9(8-13)11(12)7-10(14)4-6-12/h8,11H,2-7H2,1H3/b9-8-/t11-,12+/m0/s1. The molecule has 2 saturated carbocycles. The normalized spacial score (nSPS) is 41.1. The highest BCUT2D eigenvalue weighted by Crippen LogP contribution is 2.51. The number of hydrogen-bond acceptors (Lipinski definition) is 1. The van der Waals surface area contributed by atoms with Gasteiger partial charge in [0.1, 0.15) is 5.78 Å². The Kier molecular flexibility index (Phi) is 2.83. The molecule has 78 valence electrons. The van der Waals surface area contributed by atoms with E-state index in [2.05, 4.69) is 27.8 Å². The Morgan fingerprint density at radius 2 is 2.21 bits per heavy atom. The van der Waals surface area contributed by atoms with Gasteiger partial charge in [0.05, 0.1) is 0 Å². The second kappa shape index (κ2) is 3.80. The molecule has 0 amide bonds. The zero-order valence-electron chi connectivity index (χ0n) is 8.68. The molecule has 0 radical (unpaired) electrons. The van der Waals surface area contributed by atoms with E-state index in [1.165, 1.54) is 24.8 Å². The van der Waals surface area contributed by atoms with Crippen molar-refractivity contribution in [2.24, 2.45) is 11.3 Å². The van der Waals surface area contributed by atoms with Crippen molar-refractivity contribution in [2.75, 3.05) is 0 Å². The average molecular weight is 257 g/mol. The van der Waals surface area contributed by atoms with Gasteiger partial charge in [0.2, 0.25) is 0 Å². The number of rotatable bonds is 0. The summed E-state index contributed by atoms with van der Waals surface area (Å²) in [4.78, 5) is 13.5. The van der Waals surface area contributed by atoms with Gasteiger partial charge in [-0.1, -0.05) is 28.4 Å². The Labute approximate surface area is 94.1 Å². The third-order valence-electron chi connectivity index (χ3n) is 4.05. The zero-order valence-corrected chi connectivity index (χ0v) is 10.3. The lowest BCUT2D eigenvalue weighted by Gasteiger charge is -2.45. The van der Waals surface area contributed by atoms with E-state index in [9.17, 15) is 4.79 Å². The zero-order chi connectivity index (χ0) is 10.2. The van der Waals surface area contributed by atoms with Crippen molar-refractivity contribution in [3.05, 3.63) is 10.6 Å². The van der Waals surface area contributed by atoms with Gasteiger partial charge in [-0.25, -0.2) is 0 Å². The molecular formula is C12H17BrO. The predicted octanol–water partition coefficient (Wildman–Crippen LogP) is 3.82. The van der Waals surface area contributed by atoms with Gasteiger partial charge in [-0.05, 0) is 42.0 Å². The molecular weight excluding hydrogens is 240 g/mol. The van der Waals surface area contributed by atoms with Crippen LogP contribution < -0.4 is 0 Å². The van der Waals surface area contributed by atoms with E-state index >= 15 is 0 Å². The van der Waals surface area contributed by atoms with Gasteiger partial charge in [-0.3, -0.25) is 4.79 Å². The number of halogens is 1. The lowest BCUT2D eigenvalue weighted by Crippen LogP contribution is -2.38. The fourth-order valence-corrected chi connectivity index (χ4v) is 3.60. The van der Waals surface area contributed by atoms with E-state index in [1.807, 2.05) is 0 Å². The van der Waals surface area contributed by atoms with Crippen LogP contribution in [-0.2, 0) is 4.79 Å². The minimum atomic E-state index is 0.408. The number of Topliss-reactive ketones (excluding diaryl/α,β-unsaturated/α-hetero) is 1. The summed E-state index contributed by atoms with van der Waals surface area (Å²) < 4.78 is 0. The van der Waals surface area contributed by atoms with Crippen LogP contribution in [0.15, 0.2) is 10.6 Å². The molecule has 0 unspecified atom stereocenters. The Morgan fingerprint density at radius 3 is 2.93 bits per heavy atom. The molecule has 2 rings (SSSR count). The second-order valence-electron chi connectivity index (χ2n) is 4.99. The van der Waals surface area contributed by atoms with E-state index in [-0.39, 0.29) is 0 Å². The highest BCUT2D eigenvalue weighted by Gasteiger charge is 2.42. The van der Waals surface area contributed by atoms with E-state index < -0.39 is 0 Å². The average Bonchev–Trinajstić information content (AvgIpc) is 2.18. The number of carbonyl (C=O) groups excluding carboxylic acids is 1. The van der Waals surface area contributed by atoms with Crippen LogP contribution >= 0.6 is 15.9 Å². The lowest BCUT2D eigenvalue weighted by atomic mass is 9.59. The van der Waals surface area contributed by atoms with Crippen LogP contribution in [0.3, 0.4) is 0 Å². The van der Waals surface area contributed by atoms with Crippen molar-refractivity contribution in [3.63, 3.8) is 0 Å². The van der Waals surface area contributed by atoms with Crippen LogP contribution in [0.5, 0.6) is 0 Å². The molecule has 0 aromatic carbocycles. The van der Waals surface area contributed by atoms with Crippen LogP contribution in [0.25, 0.3) is 0 Å². The topological polar surface area (TPSA) is 17.1 Å². The molecule has 1 nitrogen and oxygen atoms in total. The van der Waals surface area contributed by atoms with E-state index in [4.69, 9.17) is 0 Å². The molecule has 0 N–H and O–H groups in total. The Hall–Kier alpha value is -0.110. The van der Waals surface area contributed by atoms with Crippen molar-refractivity contribution in [2.45, 2.75) is 45.4 Å². The van der Waals surface area contributed by atoms with Crippen LogP contribution in [0.4, 0.5) is 0 Å². The molecule has 0 spiro atoms. The highest BCUT2D eigenvalue weighted by atomic mass is 79.9. The molecule has 14 heavy (non-hydrogen) atoms. The summed E-state index contributed by atoms with van der Waals surface area (Å²) in [5.74, 6) is 0.984. The molecule has 0 saturated heterocycles. The number of allylic oxidation sites excluding steroid dienone is 1. The maximum atomic E-state index is 11.5. The fourth-order valence-electron chi connectivity index (χ4n) is 3.05. The molecule has 2 aliphatic carbocycles. The van der Waals surface area contributed by atoms with Crippen molar-refractivity contribution < 1.29 is 4.79 Å². The minimum Gasteiger partial charge on any atom is -0.300 e. The monoisotopic (exact) mass is 256 g/mol. The molecule has 0 aliphatic heterocycles. The van der Waals surface area contributed by atoms with Crippen LogP contribution in [0, 0.1) is 11.3 Å². The molecule has 0 aromatic heterocycles. The second-order valence-corrected chi connectivity index (χ2v) is 5.44. The maximum absolute atomic E-state index is 11.5. The van der Waals surface area contributed by atoms with Crippen molar-refractivity contribution in [1.82, 2.24) is 0 Å². The van der Waals surface area contributed by atoms with Gasteiger partial charge in [-0.2, -0.15) is 0 Å². The van der Waals surface area contributed by atoms with Crippen molar-refractivity contribution in [1.29, 1.82) is 0 Å². The third kappa shape index (κ3) is 1.69. The third-order valence-corrected chi connectivity index (χ3v) is 4.64. The van der Waals surface area contributed by atoms with Gasteiger partial charge in [-0.15, -0.1) is 0 Å². The molecule has 0 bridgehead atoms. The smallest absolute Gasteiger partial charge is 0.133 e. The van der Waals surface area contributed by atoms with E-state index in [1.54, 1.807) is 0 Å². The summed E-state index contributed by atoms with van der Waals surface area (Å²) in [6.07, 6.45) is 6.46. The summed E-state index contributed by atoms with van der Waals surface area (Å²) in [6.45, 7) is 2.36. The number of fused-ring (bicyclic) bond motifs is 1. The summed E-state index contributed by atoms with van der Waals surface area (Å²) in [7, 11) is 0. The van der Waals surface area contributed by atoms with E-state index in [0.29, 0.717) is 17.1 Å². The highest BCUT2D eigenvalue weighted by molar-refractivity contribution is 9.11. The fraction of sp³-hybridized carbons (Fsp3) is 0.750. The first kappa shape index (κ1) is 10.4. The lowest BCUT2D eigenvalue weighted by molar-refractivity contribution is -0.124. The summed E-state index contributed by atoms with van der Waals surface area (Å²) in [5, 5.41) is 0. The summed E-state index contributed by atoms with van der Waals surface area (Å²) in [6, 6.07) is 0. The van der Waals surface area contributed by atoms with Crippen molar-refractivity contribution in [3.8, 4) is 0 Å². The van der Waals surface area contributed by atoms with Gasteiger partial charge in [0.25, 0.3) is 0 Å². The predicted molar refractivity (Wildman–Crippen MR) is 61.3 cm³/mol. The number of ketones is 1. The molecule has 0 heterocycles. The minimum absolute atomic E-state index is 0.408. The molecule has 2 heteroatoms. The van der Waals surface area contributed by atoms with Crippen molar-refractivity contribution >= 4 is 21.7 Å². The Morgan fingerprint density at radius 1 is 1.43 bits per heavy atom. The first-order chi connectivity index (χ1) is 6.65. The van der Waals surface area contributed by atoms with Gasteiger partial charge < -0.3 is 0 Å². The molecule has 2 aliphatic rings. The van der Waals surface area contributed by atoms with Crippen LogP contribution in [-0.4, -0.2) is 5.78 Å². The van der Waals surface area contributed by atoms with Gasteiger partial charge in [0, 0.05) is 12.8 Å². The van der Waals surface area contributed by atoms with Gasteiger partial charge in [0.15, 0.2) is 0 Å². The number of carbonyl (C=O) groups is 1. The van der Waals surface area contributed by atoms with Gasteiger partial charge >= 0.3 is 0 Å². The van der Waals surface area contributed by atoms with Crippen LogP contribution in [0.1, 0.15) is 45.4 Å².